The zero-order valence-electron chi connectivity index (χ0n) is 5.79. The standard InChI is InChI=1S/C5H10INO4/c6-3-11-5(10)7-4(1-8)2-9/h4,8-9H,1-3H2,(H,7,10). The zero-order chi connectivity index (χ0) is 8.69. The number of amides is 1. The molecule has 0 aromatic carbocycles. The molecule has 6 heteroatoms. The van der Waals surface area contributed by atoms with Crippen molar-refractivity contribution in [2.24, 2.45) is 0 Å². The first kappa shape index (κ1) is 10.9. The second-order valence-corrected chi connectivity index (χ2v) is 2.37. The van der Waals surface area contributed by atoms with E-state index in [0.717, 1.165) is 0 Å². The molecule has 0 saturated heterocycles. The third-order valence-electron chi connectivity index (χ3n) is 0.948. The van der Waals surface area contributed by atoms with Crippen molar-refractivity contribution in [3.63, 3.8) is 0 Å². The molecule has 0 bridgehead atoms. The molecule has 0 aliphatic carbocycles. The highest BCUT2D eigenvalue weighted by Gasteiger charge is 2.09. The second-order valence-electron chi connectivity index (χ2n) is 1.75. The zero-order valence-corrected chi connectivity index (χ0v) is 7.95. The Balaban J connectivity index is 3.54. The van der Waals surface area contributed by atoms with Crippen molar-refractivity contribution in [2.75, 3.05) is 17.8 Å². The molecule has 0 radical (unpaired) electrons. The quantitative estimate of drug-likeness (QED) is 0.475. The van der Waals surface area contributed by atoms with Crippen molar-refractivity contribution in [1.29, 1.82) is 0 Å². The molecule has 0 spiro atoms. The monoisotopic (exact) mass is 275 g/mol. The summed E-state index contributed by atoms with van der Waals surface area (Å²) in [6.45, 7) is -0.598. The number of aliphatic hydroxyl groups excluding tert-OH is 2. The van der Waals surface area contributed by atoms with Gasteiger partial charge in [-0.25, -0.2) is 4.79 Å². The summed E-state index contributed by atoms with van der Waals surface area (Å²) in [4.78, 5) is 10.6. The summed E-state index contributed by atoms with van der Waals surface area (Å²) in [6, 6.07) is -0.634. The summed E-state index contributed by atoms with van der Waals surface area (Å²) in [7, 11) is 0. The Morgan fingerprint density at radius 1 is 1.55 bits per heavy atom. The van der Waals surface area contributed by atoms with Crippen LogP contribution in [0.2, 0.25) is 0 Å². The number of ether oxygens (including phenoxy) is 1. The maximum atomic E-state index is 10.6. The molecule has 0 fully saturated rings. The highest BCUT2D eigenvalue weighted by atomic mass is 127. The Bertz CT molecular complexity index is 117. The first-order valence-electron chi connectivity index (χ1n) is 2.95. The van der Waals surface area contributed by atoms with Crippen molar-refractivity contribution in [3.8, 4) is 0 Å². The Hall–Kier alpha value is -0.0800. The maximum Gasteiger partial charge on any atom is 0.408 e. The average Bonchev–Trinajstić information content (AvgIpc) is 2.01. The van der Waals surface area contributed by atoms with Gasteiger partial charge in [0.25, 0.3) is 0 Å². The van der Waals surface area contributed by atoms with Gasteiger partial charge in [0.2, 0.25) is 0 Å². The van der Waals surface area contributed by atoms with Crippen LogP contribution < -0.4 is 5.32 Å². The molecule has 0 aliphatic rings. The van der Waals surface area contributed by atoms with Crippen molar-refractivity contribution in [3.05, 3.63) is 0 Å². The van der Waals surface area contributed by atoms with Gasteiger partial charge in [-0.1, -0.05) is 0 Å². The van der Waals surface area contributed by atoms with Crippen LogP contribution in [0.25, 0.3) is 0 Å². The molecule has 0 aliphatic heterocycles. The summed E-state index contributed by atoms with van der Waals surface area (Å²) >= 11 is 1.87. The number of rotatable bonds is 4. The Labute approximate surface area is 77.9 Å². The van der Waals surface area contributed by atoms with Gasteiger partial charge in [-0.3, -0.25) is 0 Å². The van der Waals surface area contributed by atoms with Crippen LogP contribution in [0, 0.1) is 0 Å². The van der Waals surface area contributed by atoms with Gasteiger partial charge < -0.3 is 20.3 Å². The fourth-order valence-electron chi connectivity index (χ4n) is 0.407. The fourth-order valence-corrected chi connectivity index (χ4v) is 0.690. The molecule has 0 atom stereocenters. The molecule has 0 aromatic rings. The lowest BCUT2D eigenvalue weighted by atomic mass is 10.3. The van der Waals surface area contributed by atoms with Crippen LogP contribution in [-0.2, 0) is 4.74 Å². The smallest absolute Gasteiger partial charge is 0.408 e. The number of alkyl carbamates (subject to hydrolysis) is 1. The van der Waals surface area contributed by atoms with Crippen LogP contribution in [0.5, 0.6) is 0 Å². The highest BCUT2D eigenvalue weighted by Crippen LogP contribution is 1.87. The van der Waals surface area contributed by atoms with E-state index in [1.807, 2.05) is 22.6 Å². The van der Waals surface area contributed by atoms with E-state index < -0.39 is 12.1 Å². The highest BCUT2D eigenvalue weighted by molar-refractivity contribution is 14.1. The Kier molecular flexibility index (Phi) is 6.57. The number of hydrogen-bond donors (Lipinski definition) is 3. The Morgan fingerprint density at radius 2 is 2.09 bits per heavy atom. The normalized spacial score (nSPS) is 9.82. The number of hydrogen-bond acceptors (Lipinski definition) is 4. The molecule has 0 unspecified atom stereocenters. The summed E-state index contributed by atoms with van der Waals surface area (Å²) < 4.78 is 4.73. The van der Waals surface area contributed by atoms with Crippen LogP contribution in [0.15, 0.2) is 0 Å². The maximum absolute atomic E-state index is 10.6. The molecule has 0 saturated carbocycles. The summed E-state index contributed by atoms with van der Waals surface area (Å²) in [5.74, 6) is 0. The lowest BCUT2D eigenvalue weighted by Crippen LogP contribution is -2.40. The SMILES string of the molecule is O=C(NC(CO)CO)OCI. The third-order valence-corrected chi connectivity index (χ3v) is 1.26. The molecule has 11 heavy (non-hydrogen) atoms. The van der Waals surface area contributed by atoms with Crippen molar-refractivity contribution < 1.29 is 19.7 Å². The average molecular weight is 275 g/mol. The van der Waals surface area contributed by atoms with Gasteiger partial charge in [-0.05, 0) is 22.6 Å². The molecule has 3 N–H and O–H groups in total. The predicted octanol–water partition coefficient (Wildman–Crippen LogP) is -0.542. The van der Waals surface area contributed by atoms with E-state index in [0.29, 0.717) is 0 Å². The number of nitrogens with one attached hydrogen (secondary N) is 1. The van der Waals surface area contributed by atoms with Crippen LogP contribution >= 0.6 is 22.6 Å². The van der Waals surface area contributed by atoms with E-state index in [4.69, 9.17) is 10.2 Å². The van der Waals surface area contributed by atoms with Gasteiger partial charge >= 0.3 is 6.09 Å². The summed E-state index contributed by atoms with van der Waals surface area (Å²) in [5.41, 5.74) is 0. The van der Waals surface area contributed by atoms with Crippen LogP contribution in [-0.4, -0.2) is 40.2 Å². The minimum absolute atomic E-state index is 0.243. The molecular weight excluding hydrogens is 265 g/mol. The van der Waals surface area contributed by atoms with Crippen LogP contribution in [0.3, 0.4) is 0 Å². The van der Waals surface area contributed by atoms with Gasteiger partial charge in [-0.2, -0.15) is 0 Å². The number of aliphatic hydroxyl groups is 2. The summed E-state index contributed by atoms with van der Waals surface area (Å²) in [6.07, 6.45) is -0.632. The molecule has 0 aromatic heterocycles. The van der Waals surface area contributed by atoms with E-state index in [2.05, 4.69) is 10.1 Å². The minimum Gasteiger partial charge on any atom is -0.439 e. The Morgan fingerprint density at radius 3 is 2.45 bits per heavy atom. The lowest BCUT2D eigenvalue weighted by molar-refractivity contribution is 0.135. The van der Waals surface area contributed by atoms with Crippen molar-refractivity contribution in [1.82, 2.24) is 5.32 Å². The number of carbonyl (C=O) groups is 1. The number of alkyl halides is 1. The topological polar surface area (TPSA) is 78.8 Å². The van der Waals surface area contributed by atoms with Gasteiger partial charge in [0, 0.05) is 0 Å². The van der Waals surface area contributed by atoms with E-state index in [1.54, 1.807) is 0 Å². The van der Waals surface area contributed by atoms with Crippen LogP contribution in [0.1, 0.15) is 0 Å². The van der Waals surface area contributed by atoms with Crippen molar-refractivity contribution in [2.45, 2.75) is 6.04 Å². The first-order valence-corrected chi connectivity index (χ1v) is 4.48. The van der Waals surface area contributed by atoms with Crippen molar-refractivity contribution >= 4 is 28.7 Å². The van der Waals surface area contributed by atoms with Crippen LogP contribution in [0.4, 0.5) is 4.79 Å². The van der Waals surface area contributed by atoms with Gasteiger partial charge in [0.15, 0.2) is 0 Å². The molecule has 0 heterocycles. The largest absolute Gasteiger partial charge is 0.439 e. The number of halogens is 1. The van der Waals surface area contributed by atoms with E-state index >= 15 is 0 Å². The fraction of sp³-hybridized carbons (Fsp3) is 0.800. The van der Waals surface area contributed by atoms with Gasteiger partial charge in [0.1, 0.15) is 4.61 Å². The minimum atomic E-state index is -0.634. The molecule has 0 rings (SSSR count). The first-order chi connectivity index (χ1) is 5.24. The van der Waals surface area contributed by atoms with E-state index in [9.17, 15) is 4.79 Å². The molecular formula is C5H10INO4. The lowest BCUT2D eigenvalue weighted by Gasteiger charge is -2.11. The third kappa shape index (κ3) is 5.22. The molecule has 5 nitrogen and oxygen atoms in total. The summed E-state index contributed by atoms with van der Waals surface area (Å²) in [5, 5.41) is 19.3. The molecule has 1 amide bonds. The van der Waals surface area contributed by atoms with E-state index in [-0.39, 0.29) is 17.8 Å². The van der Waals surface area contributed by atoms with E-state index in [1.165, 1.54) is 0 Å². The molecule has 66 valence electrons. The van der Waals surface area contributed by atoms with Gasteiger partial charge in [-0.15, -0.1) is 0 Å². The predicted molar refractivity (Wildman–Crippen MR) is 46.5 cm³/mol. The second kappa shape index (κ2) is 6.62. The van der Waals surface area contributed by atoms with Gasteiger partial charge in [0.05, 0.1) is 19.3 Å². The number of carbonyl (C=O) groups excluding carboxylic acids is 1.